The number of carbonyl (C=O) groups is 1. The highest BCUT2D eigenvalue weighted by atomic mass is 35.5. The lowest BCUT2D eigenvalue weighted by atomic mass is 9.90. The average molecular weight is 544 g/mol. The minimum absolute atomic E-state index is 0.146. The Bertz CT molecular complexity index is 1700. The molecule has 0 aliphatic heterocycles. The first-order valence-electron chi connectivity index (χ1n) is 12.9. The molecule has 5 aromatic rings. The average Bonchev–Trinajstić information content (AvgIpc) is 3.34. The van der Waals surface area contributed by atoms with E-state index in [0.29, 0.717) is 50.3 Å². The van der Waals surface area contributed by atoms with E-state index in [4.69, 9.17) is 20.9 Å². The summed E-state index contributed by atoms with van der Waals surface area (Å²) in [5, 5.41) is 8.95. The lowest BCUT2D eigenvalue weighted by Crippen LogP contribution is -2.43. The number of amides is 1. The Morgan fingerprint density at radius 3 is 2.69 bits per heavy atom. The maximum atomic E-state index is 13.8. The van der Waals surface area contributed by atoms with Gasteiger partial charge in [-0.1, -0.05) is 28.9 Å². The molecule has 1 amide bonds. The van der Waals surface area contributed by atoms with Gasteiger partial charge in [0.15, 0.2) is 0 Å². The van der Waals surface area contributed by atoms with E-state index in [9.17, 15) is 9.59 Å². The van der Waals surface area contributed by atoms with Crippen LogP contribution in [0.15, 0.2) is 76.6 Å². The van der Waals surface area contributed by atoms with Crippen molar-refractivity contribution in [3.8, 4) is 5.75 Å². The summed E-state index contributed by atoms with van der Waals surface area (Å²) in [5.74, 6) is 0.663. The zero-order chi connectivity index (χ0) is 26.9. The Morgan fingerprint density at radius 1 is 1.10 bits per heavy atom. The van der Waals surface area contributed by atoms with Crippen molar-refractivity contribution in [2.24, 2.45) is 0 Å². The number of aromatic nitrogens is 4. The van der Waals surface area contributed by atoms with Gasteiger partial charge < -0.3 is 19.1 Å². The number of rotatable bonds is 6. The Morgan fingerprint density at radius 2 is 1.92 bits per heavy atom. The van der Waals surface area contributed by atoms with Crippen LogP contribution in [0.5, 0.6) is 5.75 Å². The third-order valence-corrected chi connectivity index (χ3v) is 7.57. The molecule has 1 aromatic carbocycles. The van der Waals surface area contributed by atoms with Gasteiger partial charge in [-0.25, -0.2) is 0 Å². The van der Waals surface area contributed by atoms with E-state index in [1.807, 2.05) is 18.2 Å². The molecule has 0 saturated heterocycles. The minimum atomic E-state index is -0.901. The fraction of sp³-hybridized carbons (Fsp3) is 0.276. The van der Waals surface area contributed by atoms with E-state index in [-0.39, 0.29) is 23.6 Å². The second kappa shape index (κ2) is 10.5. The van der Waals surface area contributed by atoms with Crippen LogP contribution < -0.4 is 15.6 Å². The summed E-state index contributed by atoms with van der Waals surface area (Å²) in [4.78, 5) is 35.6. The number of pyridine rings is 3. The van der Waals surface area contributed by atoms with Gasteiger partial charge in [-0.15, -0.1) is 0 Å². The van der Waals surface area contributed by atoms with Gasteiger partial charge in [-0.2, -0.15) is 0 Å². The molecule has 0 radical (unpaired) electrons. The number of hydrogen-bond acceptors (Lipinski definition) is 7. The maximum Gasteiger partial charge on any atom is 0.266 e. The van der Waals surface area contributed by atoms with Crippen LogP contribution in [0.2, 0.25) is 5.02 Å². The molecular formula is C29H26ClN5O4. The number of ether oxygens (including phenoxy) is 1. The Balaban J connectivity index is 1.31. The molecule has 1 fully saturated rings. The van der Waals surface area contributed by atoms with Crippen LogP contribution in [0.3, 0.4) is 0 Å². The molecule has 1 aliphatic carbocycles. The summed E-state index contributed by atoms with van der Waals surface area (Å²) in [6.07, 6.45) is 8.58. The number of benzene rings is 1. The normalized spacial score (nSPS) is 18.2. The number of aryl methyl sites for hydroxylation is 1. The number of carbonyl (C=O) groups excluding carboxylic acids is 1. The molecular weight excluding hydrogens is 518 g/mol. The van der Waals surface area contributed by atoms with Crippen molar-refractivity contribution in [2.75, 3.05) is 0 Å². The van der Waals surface area contributed by atoms with Crippen LogP contribution in [0.1, 0.15) is 49.2 Å². The summed E-state index contributed by atoms with van der Waals surface area (Å²) in [7, 11) is 0. The van der Waals surface area contributed by atoms with E-state index in [1.165, 1.54) is 0 Å². The zero-order valence-corrected chi connectivity index (χ0v) is 22.0. The fourth-order valence-electron chi connectivity index (χ4n) is 5.50. The van der Waals surface area contributed by atoms with Crippen LogP contribution in [-0.2, 0) is 4.79 Å². The predicted molar refractivity (Wildman–Crippen MR) is 147 cm³/mol. The molecule has 39 heavy (non-hydrogen) atoms. The third-order valence-electron chi connectivity index (χ3n) is 7.26. The van der Waals surface area contributed by atoms with Gasteiger partial charge in [-0.05, 0) is 62.9 Å². The molecule has 9 nitrogen and oxygen atoms in total. The van der Waals surface area contributed by atoms with Crippen molar-refractivity contribution in [3.63, 3.8) is 0 Å². The molecule has 3 unspecified atom stereocenters. The van der Waals surface area contributed by atoms with E-state index in [1.54, 1.807) is 60.5 Å². The quantitative estimate of drug-likeness (QED) is 0.308. The van der Waals surface area contributed by atoms with Crippen molar-refractivity contribution < 1.29 is 14.1 Å². The van der Waals surface area contributed by atoms with E-state index >= 15 is 0 Å². The number of halogens is 1. The van der Waals surface area contributed by atoms with Crippen molar-refractivity contribution in [1.82, 2.24) is 25.0 Å². The van der Waals surface area contributed by atoms with Gasteiger partial charge >= 0.3 is 0 Å². The molecule has 198 valence electrons. The first-order valence-corrected chi connectivity index (χ1v) is 13.2. The van der Waals surface area contributed by atoms with Gasteiger partial charge in [-0.3, -0.25) is 19.6 Å². The predicted octanol–water partition coefficient (Wildman–Crippen LogP) is 5.31. The summed E-state index contributed by atoms with van der Waals surface area (Å²) < 4.78 is 13.2. The van der Waals surface area contributed by atoms with Gasteiger partial charge in [0.1, 0.15) is 22.4 Å². The smallest absolute Gasteiger partial charge is 0.266 e. The SMILES string of the molecule is Cc1onc2c1c(=O)n(C1CCCC(NC(=O)C(Oc3cccnc3)c3cccnc3)C1)c1cccc(Cl)c21. The molecule has 1 N–H and O–H groups in total. The molecule has 1 saturated carbocycles. The summed E-state index contributed by atoms with van der Waals surface area (Å²) in [6.45, 7) is 1.73. The summed E-state index contributed by atoms with van der Waals surface area (Å²) in [6, 6.07) is 12.3. The minimum Gasteiger partial charge on any atom is -0.474 e. The van der Waals surface area contributed by atoms with Crippen LogP contribution in [0, 0.1) is 6.92 Å². The molecule has 0 spiro atoms. The second-order valence-corrected chi connectivity index (χ2v) is 10.2. The van der Waals surface area contributed by atoms with Crippen molar-refractivity contribution >= 4 is 39.3 Å². The van der Waals surface area contributed by atoms with Gasteiger partial charge in [0.2, 0.25) is 6.10 Å². The highest BCUT2D eigenvalue weighted by molar-refractivity contribution is 6.37. The van der Waals surface area contributed by atoms with E-state index in [2.05, 4.69) is 20.4 Å². The van der Waals surface area contributed by atoms with E-state index < -0.39 is 6.10 Å². The molecule has 3 atom stereocenters. The third kappa shape index (κ3) is 4.74. The highest BCUT2D eigenvalue weighted by Gasteiger charge is 2.31. The van der Waals surface area contributed by atoms with Crippen molar-refractivity contribution in [2.45, 2.75) is 50.8 Å². The summed E-state index contributed by atoms with van der Waals surface area (Å²) in [5.41, 5.74) is 1.65. The Labute approximate surface area is 228 Å². The second-order valence-electron chi connectivity index (χ2n) is 9.77. The van der Waals surface area contributed by atoms with Crippen LogP contribution in [0.4, 0.5) is 0 Å². The van der Waals surface area contributed by atoms with Gasteiger partial charge in [0.05, 0.1) is 16.7 Å². The molecule has 10 heteroatoms. The van der Waals surface area contributed by atoms with Crippen LogP contribution >= 0.6 is 11.6 Å². The number of nitrogens with one attached hydrogen (secondary N) is 1. The van der Waals surface area contributed by atoms with Gasteiger partial charge in [0.25, 0.3) is 11.5 Å². The van der Waals surface area contributed by atoms with Crippen molar-refractivity contribution in [1.29, 1.82) is 0 Å². The lowest BCUT2D eigenvalue weighted by Gasteiger charge is -2.32. The monoisotopic (exact) mass is 543 g/mol. The highest BCUT2D eigenvalue weighted by Crippen LogP contribution is 2.35. The summed E-state index contributed by atoms with van der Waals surface area (Å²) >= 11 is 6.59. The first-order chi connectivity index (χ1) is 19.0. The zero-order valence-electron chi connectivity index (χ0n) is 21.2. The topological polar surface area (TPSA) is 112 Å². The molecule has 4 heterocycles. The Kier molecular flexibility index (Phi) is 6.74. The van der Waals surface area contributed by atoms with Gasteiger partial charge in [0, 0.05) is 41.6 Å². The standard InChI is InChI=1S/C29H26ClN5O4/c1-17-24-26(34-39-17)25-22(30)10-3-11-23(25)35(29(24)37)20-8-2-7-19(14-20)33-28(36)27(18-6-4-12-31-15-18)38-21-9-5-13-32-16-21/h3-6,9-13,15-16,19-20,27H,2,7-8,14H2,1H3,(H,33,36). The van der Waals surface area contributed by atoms with E-state index in [0.717, 1.165) is 19.3 Å². The fourth-order valence-corrected chi connectivity index (χ4v) is 5.76. The van der Waals surface area contributed by atoms with Crippen LogP contribution in [-0.4, -0.2) is 31.6 Å². The first kappa shape index (κ1) is 25.1. The Hall–Kier alpha value is -4.24. The maximum absolute atomic E-state index is 13.8. The molecule has 4 aromatic heterocycles. The van der Waals surface area contributed by atoms with Crippen LogP contribution in [0.25, 0.3) is 21.8 Å². The molecule has 1 aliphatic rings. The molecule has 0 bridgehead atoms. The number of nitrogens with zero attached hydrogens (tertiary/aromatic N) is 4. The number of fused-ring (bicyclic) bond motifs is 3. The largest absolute Gasteiger partial charge is 0.474 e. The van der Waals surface area contributed by atoms with Crippen molar-refractivity contribution in [3.05, 3.63) is 94.0 Å². The number of hydrogen-bond donors (Lipinski definition) is 1. The molecule has 6 rings (SSSR count). The lowest BCUT2D eigenvalue weighted by molar-refractivity contribution is -0.129.